The molecule has 2 aliphatic rings. The first-order valence-corrected chi connectivity index (χ1v) is 32.0. The van der Waals surface area contributed by atoms with Gasteiger partial charge in [-0.25, -0.2) is 0 Å². The summed E-state index contributed by atoms with van der Waals surface area (Å²) in [6.45, 7) is 9.28. The first-order chi connectivity index (χ1) is 37.6. The van der Waals surface area contributed by atoms with Crippen molar-refractivity contribution in [3.63, 3.8) is 0 Å². The number of hydrogen-bond acceptors (Lipinski definition) is 6. The fraction of sp³-hybridized carbons (Fsp3) is 0.486. The molecule has 4 nitrogen and oxygen atoms in total. The molecule has 6 aromatic carbocycles. The van der Waals surface area contributed by atoms with Crippen LogP contribution in [0.25, 0.3) is 77.7 Å². The van der Waals surface area contributed by atoms with Gasteiger partial charge in [-0.15, -0.1) is 0 Å². The van der Waals surface area contributed by atoms with Gasteiger partial charge in [-0.05, 0) is 93.5 Å². The van der Waals surface area contributed by atoms with E-state index in [1.165, 1.54) is 248 Å². The quantitative estimate of drug-likeness (QED) is 0.0407. The lowest BCUT2D eigenvalue weighted by Crippen LogP contribution is -2.25. The van der Waals surface area contributed by atoms with Gasteiger partial charge in [0.15, 0.2) is 0 Å². The molecule has 0 spiro atoms. The predicted octanol–water partition coefficient (Wildman–Crippen LogP) is 22.2. The Balaban J connectivity index is 0.982. The third-order valence-electron chi connectivity index (χ3n) is 18.1. The normalized spacial score (nSPS) is 13.9. The van der Waals surface area contributed by atoms with Crippen molar-refractivity contribution in [1.29, 1.82) is 0 Å². The zero-order valence-corrected chi connectivity index (χ0v) is 48.4. The molecule has 0 unspecified atom stereocenters. The van der Waals surface area contributed by atoms with Crippen LogP contribution in [0.3, 0.4) is 0 Å². The van der Waals surface area contributed by atoms with Crippen LogP contribution in [0, 0.1) is 0 Å². The van der Waals surface area contributed by atoms with Crippen LogP contribution in [0.4, 0.5) is 0 Å². The lowest BCUT2D eigenvalue weighted by Gasteiger charge is -2.33. The van der Waals surface area contributed by atoms with Gasteiger partial charge in [-0.3, -0.25) is 0 Å². The first kappa shape index (κ1) is 54.3. The number of aromatic nitrogens is 4. The Morgan fingerprint density at radius 3 is 0.908 bits per heavy atom. The summed E-state index contributed by atoms with van der Waals surface area (Å²) >= 11 is 2.65. The van der Waals surface area contributed by atoms with E-state index in [-0.39, 0.29) is 10.8 Å². The minimum absolute atomic E-state index is 0.0217. The highest BCUT2D eigenvalue weighted by atomic mass is 32.1. The van der Waals surface area contributed by atoms with E-state index >= 15 is 0 Å². The molecule has 0 N–H and O–H groups in total. The van der Waals surface area contributed by atoms with Crippen LogP contribution >= 0.6 is 23.5 Å². The lowest BCUT2D eigenvalue weighted by molar-refractivity contribution is 0.398. The summed E-state index contributed by atoms with van der Waals surface area (Å²) in [6.07, 6.45) is 36.5. The standard InChI is InChI=1S/C70H86N4S2/c1-5-9-13-17-21-29-45-69(46-30-22-18-14-10-6-2)61-35-27-25-33-55(61)57-39-37-51(49-63(57)69)53-41-43-59(67-65(53)71-75-73-67)60-44-42-54(66-68(60)74-76-72-66)52-38-40-58-56-34-26-28-36-62(56)70(64(58)50-52,47-31-23-19-15-11-7-3)48-32-24-20-16-12-8-4/h25-28,33-44,49-50H,5-24,29-32,45-48H2,1-4H3. The summed E-state index contributed by atoms with van der Waals surface area (Å²) in [5, 5.41) is 0. The predicted molar refractivity (Wildman–Crippen MR) is 329 cm³/mol. The fourth-order valence-electron chi connectivity index (χ4n) is 14.0. The molecule has 8 aromatic rings. The Kier molecular flexibility index (Phi) is 18.6. The van der Waals surface area contributed by atoms with Gasteiger partial charge in [0.2, 0.25) is 0 Å². The molecular formula is C70H86N4S2. The second-order valence-electron chi connectivity index (χ2n) is 23.1. The third-order valence-corrected chi connectivity index (χ3v) is 19.2. The average molecular weight is 1050 g/mol. The van der Waals surface area contributed by atoms with E-state index < -0.39 is 0 Å². The molecule has 0 radical (unpaired) electrons. The van der Waals surface area contributed by atoms with E-state index in [1.54, 1.807) is 11.1 Å². The Hall–Kier alpha value is -5.04. The molecule has 2 aliphatic carbocycles. The van der Waals surface area contributed by atoms with Crippen molar-refractivity contribution in [1.82, 2.24) is 17.5 Å². The SMILES string of the molecule is CCCCCCCCC1(CCCCCCCC)c2ccccc2-c2ccc(-c3ccc(-c4ccc(-c5ccc6c(c5)C(CCCCCCCC)(CCCCCCCC)c5ccccc5-6)c5nsnc45)c4nsnc34)cc21. The molecule has 6 heteroatoms. The summed E-state index contributed by atoms with van der Waals surface area (Å²) in [5.41, 5.74) is 22.7. The highest BCUT2D eigenvalue weighted by Crippen LogP contribution is 2.57. The van der Waals surface area contributed by atoms with E-state index in [1.807, 2.05) is 0 Å². The Morgan fingerprint density at radius 1 is 0.276 bits per heavy atom. The minimum atomic E-state index is 0.0217. The summed E-state index contributed by atoms with van der Waals surface area (Å²) in [4.78, 5) is 0. The lowest BCUT2D eigenvalue weighted by atomic mass is 9.70. The van der Waals surface area contributed by atoms with Crippen molar-refractivity contribution in [3.05, 3.63) is 131 Å². The number of rotatable bonds is 31. The van der Waals surface area contributed by atoms with Gasteiger partial charge >= 0.3 is 0 Å². The molecule has 0 saturated heterocycles. The number of hydrogen-bond donors (Lipinski definition) is 0. The molecule has 76 heavy (non-hydrogen) atoms. The zero-order valence-electron chi connectivity index (χ0n) is 46.8. The van der Waals surface area contributed by atoms with Gasteiger partial charge in [-0.2, -0.15) is 17.5 Å². The van der Waals surface area contributed by atoms with Crippen LogP contribution < -0.4 is 0 Å². The highest BCUT2D eigenvalue weighted by Gasteiger charge is 2.44. The molecular weight excluding hydrogens is 961 g/mol. The number of benzene rings is 6. The minimum Gasteiger partial charge on any atom is -0.172 e. The molecule has 0 saturated carbocycles. The molecule has 398 valence electrons. The number of unbranched alkanes of at least 4 members (excludes halogenated alkanes) is 20. The van der Waals surface area contributed by atoms with Crippen molar-refractivity contribution in [3.8, 4) is 55.6 Å². The van der Waals surface area contributed by atoms with Crippen LogP contribution in [-0.4, -0.2) is 17.5 Å². The Bertz CT molecular complexity index is 2910. The number of fused-ring (bicyclic) bond motifs is 8. The van der Waals surface area contributed by atoms with Gasteiger partial charge in [-0.1, -0.05) is 279 Å². The topological polar surface area (TPSA) is 51.6 Å². The molecule has 0 amide bonds. The van der Waals surface area contributed by atoms with E-state index in [0.29, 0.717) is 0 Å². The van der Waals surface area contributed by atoms with Crippen LogP contribution in [-0.2, 0) is 10.8 Å². The van der Waals surface area contributed by atoms with E-state index in [4.69, 9.17) is 17.5 Å². The summed E-state index contributed by atoms with van der Waals surface area (Å²) in [6, 6.07) is 42.7. The summed E-state index contributed by atoms with van der Waals surface area (Å²) in [5.74, 6) is 0. The van der Waals surface area contributed by atoms with Crippen LogP contribution in [0.5, 0.6) is 0 Å². The van der Waals surface area contributed by atoms with Crippen molar-refractivity contribution in [2.75, 3.05) is 0 Å². The number of nitrogens with zero attached hydrogens (tertiary/aromatic N) is 4. The molecule has 0 bridgehead atoms. The molecule has 2 aromatic heterocycles. The monoisotopic (exact) mass is 1050 g/mol. The van der Waals surface area contributed by atoms with Gasteiger partial charge in [0.25, 0.3) is 0 Å². The molecule has 0 fully saturated rings. The Labute approximate surface area is 465 Å². The zero-order chi connectivity index (χ0) is 52.2. The van der Waals surface area contributed by atoms with Crippen molar-refractivity contribution < 1.29 is 0 Å². The van der Waals surface area contributed by atoms with Crippen LogP contribution in [0.15, 0.2) is 109 Å². The first-order valence-electron chi connectivity index (χ1n) is 30.6. The van der Waals surface area contributed by atoms with Gasteiger partial charge in [0, 0.05) is 33.1 Å². The van der Waals surface area contributed by atoms with Crippen LogP contribution in [0.2, 0.25) is 0 Å². The fourth-order valence-corrected chi connectivity index (χ4v) is 15.2. The van der Waals surface area contributed by atoms with E-state index in [0.717, 1.165) is 44.3 Å². The summed E-state index contributed by atoms with van der Waals surface area (Å²) in [7, 11) is 0. The largest absolute Gasteiger partial charge is 0.172 e. The highest BCUT2D eigenvalue weighted by molar-refractivity contribution is 7.00. The molecule has 2 heterocycles. The average Bonchev–Trinajstić information content (AvgIpc) is 4.28. The van der Waals surface area contributed by atoms with Crippen molar-refractivity contribution in [2.45, 2.75) is 218 Å². The second kappa shape index (κ2) is 26.1. The van der Waals surface area contributed by atoms with E-state index in [2.05, 4.69) is 137 Å². The smallest absolute Gasteiger partial charge is 0.113 e. The van der Waals surface area contributed by atoms with E-state index in [9.17, 15) is 0 Å². The van der Waals surface area contributed by atoms with Crippen molar-refractivity contribution in [2.24, 2.45) is 0 Å². The summed E-state index contributed by atoms with van der Waals surface area (Å²) < 4.78 is 20.3. The third kappa shape index (κ3) is 11.2. The molecule has 10 rings (SSSR count). The maximum atomic E-state index is 5.09. The maximum absolute atomic E-state index is 5.09. The molecule has 0 aliphatic heterocycles. The second-order valence-corrected chi connectivity index (χ2v) is 24.1. The maximum Gasteiger partial charge on any atom is 0.113 e. The van der Waals surface area contributed by atoms with Crippen LogP contribution in [0.1, 0.15) is 230 Å². The van der Waals surface area contributed by atoms with Gasteiger partial charge < -0.3 is 0 Å². The van der Waals surface area contributed by atoms with Gasteiger partial charge in [0.1, 0.15) is 22.1 Å². The Morgan fingerprint density at radius 2 is 0.553 bits per heavy atom. The van der Waals surface area contributed by atoms with Crippen molar-refractivity contribution >= 4 is 45.5 Å². The molecule has 0 atom stereocenters. The van der Waals surface area contributed by atoms with Gasteiger partial charge in [0.05, 0.1) is 23.5 Å².